The standard InChI is InChI=1S/C22H38N2O5S/c1-14(2)29-22(26)23-13-15(3)24(16(4)25)20-11-8-18(12-21(20)23)17-6-9-19(10-7-17)30(5,27)28/h14-15,17-21H,6-13H2,1-5H3/t15-,17?,18?,19?,20?,21?/m1/s1. The molecular weight excluding hydrogens is 404 g/mol. The SMILES string of the molecule is CC(=O)N1C2CCC(C3CCC(S(C)(=O)=O)CC3)CC2N(C(=O)OC(C)C)C[C@H]1C. The fourth-order valence-corrected chi connectivity index (χ4v) is 7.22. The molecule has 0 aromatic rings. The van der Waals surface area contributed by atoms with Gasteiger partial charge in [-0.1, -0.05) is 0 Å². The van der Waals surface area contributed by atoms with Gasteiger partial charge in [0.25, 0.3) is 0 Å². The third kappa shape index (κ3) is 4.94. The number of fused-ring (bicyclic) bond motifs is 1. The summed E-state index contributed by atoms with van der Waals surface area (Å²) in [5, 5.41) is -0.202. The monoisotopic (exact) mass is 442 g/mol. The molecule has 2 amide bonds. The van der Waals surface area contributed by atoms with Gasteiger partial charge >= 0.3 is 6.09 Å². The summed E-state index contributed by atoms with van der Waals surface area (Å²) in [5.41, 5.74) is 0. The molecule has 3 fully saturated rings. The van der Waals surface area contributed by atoms with E-state index < -0.39 is 9.84 Å². The lowest BCUT2D eigenvalue weighted by Crippen LogP contribution is -2.67. The second-order valence-electron chi connectivity index (χ2n) is 9.93. The number of carbonyl (C=O) groups is 2. The molecule has 0 radical (unpaired) electrons. The van der Waals surface area contributed by atoms with E-state index in [1.165, 1.54) is 6.26 Å². The van der Waals surface area contributed by atoms with Crippen LogP contribution >= 0.6 is 0 Å². The van der Waals surface area contributed by atoms with Gasteiger partial charge in [-0.05, 0) is 77.6 Å². The van der Waals surface area contributed by atoms with Crippen molar-refractivity contribution < 1.29 is 22.7 Å². The van der Waals surface area contributed by atoms with Gasteiger partial charge in [-0.3, -0.25) is 4.79 Å². The second kappa shape index (κ2) is 9.05. The van der Waals surface area contributed by atoms with Crippen LogP contribution in [-0.4, -0.2) is 72.5 Å². The van der Waals surface area contributed by atoms with Gasteiger partial charge in [-0.15, -0.1) is 0 Å². The summed E-state index contributed by atoms with van der Waals surface area (Å²) < 4.78 is 29.3. The van der Waals surface area contributed by atoms with Gasteiger partial charge in [0.15, 0.2) is 0 Å². The summed E-state index contributed by atoms with van der Waals surface area (Å²) >= 11 is 0. The summed E-state index contributed by atoms with van der Waals surface area (Å²) in [5.74, 6) is 1.03. The maximum Gasteiger partial charge on any atom is 0.410 e. The molecule has 1 heterocycles. The van der Waals surface area contributed by atoms with Crippen molar-refractivity contribution in [2.24, 2.45) is 11.8 Å². The highest BCUT2D eigenvalue weighted by Crippen LogP contribution is 2.43. The van der Waals surface area contributed by atoms with E-state index in [1.54, 1.807) is 6.92 Å². The Morgan fingerprint density at radius 2 is 1.57 bits per heavy atom. The van der Waals surface area contributed by atoms with Crippen LogP contribution in [0.1, 0.15) is 72.6 Å². The minimum absolute atomic E-state index is 0.0230. The maximum atomic E-state index is 12.9. The van der Waals surface area contributed by atoms with Crippen LogP contribution in [0.4, 0.5) is 4.79 Å². The number of amides is 2. The number of ether oxygens (including phenoxy) is 1. The predicted molar refractivity (Wildman–Crippen MR) is 116 cm³/mol. The molecule has 172 valence electrons. The van der Waals surface area contributed by atoms with Gasteiger partial charge in [0.2, 0.25) is 5.91 Å². The Balaban J connectivity index is 1.74. The van der Waals surface area contributed by atoms with Crippen molar-refractivity contribution >= 4 is 21.8 Å². The zero-order chi connectivity index (χ0) is 22.2. The van der Waals surface area contributed by atoms with Gasteiger partial charge in [0.05, 0.1) is 23.4 Å². The fourth-order valence-electron chi connectivity index (χ4n) is 6.10. The van der Waals surface area contributed by atoms with Crippen molar-refractivity contribution in [1.82, 2.24) is 9.80 Å². The van der Waals surface area contributed by atoms with Crippen molar-refractivity contribution in [3.8, 4) is 0 Å². The summed E-state index contributed by atoms with van der Waals surface area (Å²) in [7, 11) is -2.97. The molecule has 30 heavy (non-hydrogen) atoms. The molecule has 0 aromatic carbocycles. The first-order valence-electron chi connectivity index (χ1n) is 11.4. The zero-order valence-corrected chi connectivity index (χ0v) is 19.9. The first-order valence-corrected chi connectivity index (χ1v) is 13.4. The quantitative estimate of drug-likeness (QED) is 0.670. The van der Waals surface area contributed by atoms with E-state index in [0.717, 1.165) is 44.9 Å². The van der Waals surface area contributed by atoms with Gasteiger partial charge < -0.3 is 14.5 Å². The van der Waals surface area contributed by atoms with E-state index in [4.69, 9.17) is 4.74 Å². The molecule has 3 aliphatic rings. The molecule has 1 aliphatic heterocycles. The zero-order valence-electron chi connectivity index (χ0n) is 19.0. The number of piperazine rings is 1. The van der Waals surface area contributed by atoms with Gasteiger partial charge in [0, 0.05) is 25.8 Å². The number of hydrogen-bond acceptors (Lipinski definition) is 5. The number of carbonyl (C=O) groups excluding carboxylic acids is 2. The summed E-state index contributed by atoms with van der Waals surface area (Å²) in [6.07, 6.45) is 7.01. The lowest BCUT2D eigenvalue weighted by Gasteiger charge is -2.54. The minimum atomic E-state index is -2.97. The average molecular weight is 443 g/mol. The Bertz CT molecular complexity index is 745. The normalized spacial score (nSPS) is 35.1. The highest BCUT2D eigenvalue weighted by atomic mass is 32.2. The Hall–Kier alpha value is -1.31. The molecule has 4 atom stereocenters. The molecule has 2 aliphatic carbocycles. The number of nitrogens with zero attached hydrogens (tertiary/aromatic N) is 2. The molecule has 3 rings (SSSR count). The minimum Gasteiger partial charge on any atom is -0.447 e. The fraction of sp³-hybridized carbons (Fsp3) is 0.909. The Labute approximate surface area is 181 Å². The van der Waals surface area contributed by atoms with Crippen LogP contribution in [0.25, 0.3) is 0 Å². The van der Waals surface area contributed by atoms with Crippen LogP contribution in [0, 0.1) is 11.8 Å². The Morgan fingerprint density at radius 1 is 0.967 bits per heavy atom. The highest BCUT2D eigenvalue weighted by molar-refractivity contribution is 7.91. The maximum absolute atomic E-state index is 12.9. The van der Waals surface area contributed by atoms with E-state index in [2.05, 4.69) is 0 Å². The molecule has 3 unspecified atom stereocenters. The largest absolute Gasteiger partial charge is 0.447 e. The van der Waals surface area contributed by atoms with E-state index in [0.29, 0.717) is 18.4 Å². The van der Waals surface area contributed by atoms with E-state index in [1.807, 2.05) is 30.6 Å². The van der Waals surface area contributed by atoms with Crippen LogP contribution < -0.4 is 0 Å². The molecule has 2 saturated carbocycles. The molecular formula is C22H38N2O5S. The predicted octanol–water partition coefficient (Wildman–Crippen LogP) is 3.22. The van der Waals surface area contributed by atoms with Crippen molar-refractivity contribution in [2.75, 3.05) is 12.8 Å². The van der Waals surface area contributed by atoms with E-state index in [9.17, 15) is 18.0 Å². The molecule has 0 bridgehead atoms. The van der Waals surface area contributed by atoms with Crippen LogP contribution in [0.3, 0.4) is 0 Å². The molecule has 1 saturated heterocycles. The van der Waals surface area contributed by atoms with Gasteiger partial charge in [0.1, 0.15) is 9.84 Å². The van der Waals surface area contributed by atoms with Gasteiger partial charge in [-0.25, -0.2) is 13.2 Å². The number of hydrogen-bond donors (Lipinski definition) is 0. The number of rotatable bonds is 3. The van der Waals surface area contributed by atoms with Crippen molar-refractivity contribution in [3.63, 3.8) is 0 Å². The van der Waals surface area contributed by atoms with Crippen molar-refractivity contribution in [2.45, 2.75) is 102 Å². The Kier molecular flexibility index (Phi) is 7.04. The first-order chi connectivity index (χ1) is 14.0. The summed E-state index contributed by atoms with van der Waals surface area (Å²) in [6.45, 7) is 7.84. The molecule has 0 spiro atoms. The average Bonchev–Trinajstić information content (AvgIpc) is 2.65. The second-order valence-corrected chi connectivity index (χ2v) is 12.3. The lowest BCUT2D eigenvalue weighted by atomic mass is 9.69. The summed E-state index contributed by atoms with van der Waals surface area (Å²) in [4.78, 5) is 29.1. The lowest BCUT2D eigenvalue weighted by molar-refractivity contribution is -0.142. The van der Waals surface area contributed by atoms with Crippen molar-refractivity contribution in [3.05, 3.63) is 0 Å². The summed E-state index contributed by atoms with van der Waals surface area (Å²) in [6, 6.07) is -0.0116. The number of sulfone groups is 1. The van der Waals surface area contributed by atoms with Crippen molar-refractivity contribution in [1.29, 1.82) is 0 Å². The molecule has 7 nitrogen and oxygen atoms in total. The Morgan fingerprint density at radius 3 is 2.10 bits per heavy atom. The van der Waals surface area contributed by atoms with Crippen LogP contribution in [0.2, 0.25) is 0 Å². The third-order valence-electron chi connectivity index (χ3n) is 7.44. The van der Waals surface area contributed by atoms with E-state index >= 15 is 0 Å². The first kappa shape index (κ1) is 23.4. The highest BCUT2D eigenvalue weighted by Gasteiger charge is 2.48. The molecule has 0 aromatic heterocycles. The van der Waals surface area contributed by atoms with Gasteiger partial charge in [-0.2, -0.15) is 0 Å². The topological polar surface area (TPSA) is 84.0 Å². The smallest absolute Gasteiger partial charge is 0.410 e. The molecule has 0 N–H and O–H groups in total. The third-order valence-corrected chi connectivity index (χ3v) is 9.12. The molecule has 8 heteroatoms. The van der Waals surface area contributed by atoms with E-state index in [-0.39, 0.29) is 41.5 Å². The van der Waals surface area contributed by atoms with Crippen LogP contribution in [-0.2, 0) is 19.4 Å². The van der Waals surface area contributed by atoms with Crippen LogP contribution in [0.15, 0.2) is 0 Å². The van der Waals surface area contributed by atoms with Crippen LogP contribution in [0.5, 0.6) is 0 Å².